The molecule has 0 spiro atoms. The molecular formula is C13H17NO. The van der Waals surface area contributed by atoms with Gasteiger partial charge in [0.15, 0.2) is 0 Å². The average Bonchev–Trinajstić information content (AvgIpc) is 2.80. The molecule has 1 aliphatic heterocycles. The summed E-state index contributed by atoms with van der Waals surface area (Å²) in [6.45, 7) is 4.23. The fraction of sp³-hybridized carbons (Fsp3) is 0.538. The van der Waals surface area contributed by atoms with E-state index < -0.39 is 0 Å². The van der Waals surface area contributed by atoms with Crippen LogP contribution in [-0.4, -0.2) is 13.2 Å². The molecular weight excluding hydrogens is 186 g/mol. The lowest BCUT2D eigenvalue weighted by molar-refractivity contribution is 0.246. The van der Waals surface area contributed by atoms with Crippen molar-refractivity contribution < 1.29 is 4.74 Å². The minimum Gasteiger partial charge on any atom is -0.493 e. The number of hydrogen-bond acceptors (Lipinski definition) is 2. The molecule has 0 unspecified atom stereocenters. The van der Waals surface area contributed by atoms with Gasteiger partial charge >= 0.3 is 0 Å². The molecule has 0 bridgehead atoms. The molecule has 0 amide bonds. The van der Waals surface area contributed by atoms with Gasteiger partial charge < -0.3 is 10.1 Å². The first kappa shape index (κ1) is 9.08. The van der Waals surface area contributed by atoms with E-state index in [0.29, 0.717) is 5.41 Å². The van der Waals surface area contributed by atoms with E-state index in [1.165, 1.54) is 24.1 Å². The molecule has 0 radical (unpaired) electrons. The summed E-state index contributed by atoms with van der Waals surface area (Å²) < 4.78 is 5.94. The van der Waals surface area contributed by atoms with Crippen LogP contribution in [0.1, 0.15) is 25.3 Å². The predicted molar refractivity (Wildman–Crippen MR) is 61.5 cm³/mol. The summed E-state index contributed by atoms with van der Waals surface area (Å²) in [5, 5.41) is 3.37. The molecule has 1 N–H and O–H groups in total. The molecule has 1 saturated carbocycles. The molecule has 1 aromatic carbocycles. The topological polar surface area (TPSA) is 21.3 Å². The normalized spacial score (nSPS) is 20.6. The van der Waals surface area contributed by atoms with Gasteiger partial charge in [-0.2, -0.15) is 0 Å². The fourth-order valence-corrected chi connectivity index (χ4v) is 2.06. The van der Waals surface area contributed by atoms with Crippen LogP contribution in [0.3, 0.4) is 0 Å². The molecule has 0 saturated heterocycles. The zero-order valence-corrected chi connectivity index (χ0v) is 9.18. The summed E-state index contributed by atoms with van der Waals surface area (Å²) in [4.78, 5) is 0. The zero-order chi connectivity index (χ0) is 10.3. The van der Waals surface area contributed by atoms with Gasteiger partial charge in [0, 0.05) is 23.2 Å². The minimum atomic E-state index is 0.467. The van der Waals surface area contributed by atoms with Crippen LogP contribution >= 0.6 is 0 Å². The van der Waals surface area contributed by atoms with Crippen LogP contribution in [0.25, 0.3) is 0 Å². The molecule has 1 heterocycles. The van der Waals surface area contributed by atoms with E-state index in [-0.39, 0.29) is 0 Å². The van der Waals surface area contributed by atoms with Crippen LogP contribution in [0.15, 0.2) is 18.2 Å². The third kappa shape index (κ3) is 1.69. The van der Waals surface area contributed by atoms with Crippen molar-refractivity contribution in [2.45, 2.75) is 26.2 Å². The Hall–Kier alpha value is -1.18. The standard InChI is InChI=1S/C13H17NO/c1-13(6-7-13)9-15-12-4-2-3-11-10(12)5-8-14-11/h2-4,14H,5-9H2,1H3. The van der Waals surface area contributed by atoms with Crippen LogP contribution in [0.2, 0.25) is 0 Å². The Balaban J connectivity index is 1.77. The Kier molecular flexibility index (Phi) is 1.91. The lowest BCUT2D eigenvalue weighted by atomic mass is 10.1. The Morgan fingerprint density at radius 3 is 3.07 bits per heavy atom. The van der Waals surface area contributed by atoms with Crippen molar-refractivity contribution in [3.8, 4) is 5.75 Å². The van der Waals surface area contributed by atoms with Crippen molar-refractivity contribution in [2.75, 3.05) is 18.5 Å². The van der Waals surface area contributed by atoms with E-state index in [1.807, 2.05) is 0 Å². The smallest absolute Gasteiger partial charge is 0.124 e. The predicted octanol–water partition coefficient (Wildman–Crippen LogP) is 2.83. The number of rotatable bonds is 3. The summed E-state index contributed by atoms with van der Waals surface area (Å²) in [5.74, 6) is 1.09. The first-order valence-electron chi connectivity index (χ1n) is 5.75. The second kappa shape index (κ2) is 3.16. The van der Waals surface area contributed by atoms with Crippen molar-refractivity contribution in [1.29, 1.82) is 0 Å². The third-order valence-electron chi connectivity index (χ3n) is 3.50. The lowest BCUT2D eigenvalue weighted by Crippen LogP contribution is -2.09. The summed E-state index contributed by atoms with van der Waals surface area (Å²) in [6.07, 6.45) is 3.74. The van der Waals surface area contributed by atoms with Gasteiger partial charge in [-0.05, 0) is 31.4 Å². The molecule has 2 heteroatoms. The average molecular weight is 203 g/mol. The Morgan fingerprint density at radius 2 is 2.27 bits per heavy atom. The number of ether oxygens (including phenoxy) is 1. The second-order valence-electron chi connectivity index (χ2n) is 5.06. The summed E-state index contributed by atoms with van der Waals surface area (Å²) in [5.41, 5.74) is 3.09. The maximum Gasteiger partial charge on any atom is 0.124 e. The van der Waals surface area contributed by atoms with Gasteiger partial charge in [-0.3, -0.25) is 0 Å². The third-order valence-corrected chi connectivity index (χ3v) is 3.50. The molecule has 3 rings (SSSR count). The number of benzene rings is 1. The highest BCUT2D eigenvalue weighted by Crippen LogP contribution is 2.45. The number of nitrogens with one attached hydrogen (secondary N) is 1. The molecule has 1 aromatic rings. The fourth-order valence-electron chi connectivity index (χ4n) is 2.06. The van der Waals surface area contributed by atoms with Crippen LogP contribution in [-0.2, 0) is 6.42 Å². The molecule has 80 valence electrons. The van der Waals surface area contributed by atoms with Gasteiger partial charge in [0.05, 0.1) is 6.61 Å². The summed E-state index contributed by atoms with van der Waals surface area (Å²) in [7, 11) is 0. The largest absolute Gasteiger partial charge is 0.493 e. The van der Waals surface area contributed by atoms with Crippen molar-refractivity contribution in [3.05, 3.63) is 23.8 Å². The van der Waals surface area contributed by atoms with Crippen LogP contribution in [0.4, 0.5) is 5.69 Å². The second-order valence-corrected chi connectivity index (χ2v) is 5.06. The highest BCUT2D eigenvalue weighted by Gasteiger charge is 2.38. The van der Waals surface area contributed by atoms with E-state index in [0.717, 1.165) is 25.3 Å². The number of hydrogen-bond donors (Lipinski definition) is 1. The number of fused-ring (bicyclic) bond motifs is 1. The molecule has 0 aromatic heterocycles. The van der Waals surface area contributed by atoms with Gasteiger partial charge in [0.2, 0.25) is 0 Å². The van der Waals surface area contributed by atoms with E-state index in [2.05, 4.69) is 30.4 Å². The summed E-state index contributed by atoms with van der Waals surface area (Å²) in [6, 6.07) is 6.30. The molecule has 0 atom stereocenters. The molecule has 2 aliphatic rings. The molecule has 2 nitrogen and oxygen atoms in total. The summed E-state index contributed by atoms with van der Waals surface area (Å²) >= 11 is 0. The van der Waals surface area contributed by atoms with Gasteiger partial charge in [0.25, 0.3) is 0 Å². The van der Waals surface area contributed by atoms with Crippen LogP contribution < -0.4 is 10.1 Å². The van der Waals surface area contributed by atoms with E-state index >= 15 is 0 Å². The molecule has 1 fully saturated rings. The SMILES string of the molecule is CC1(COc2cccc3c2CCN3)CC1. The maximum atomic E-state index is 5.94. The Labute approximate surface area is 90.6 Å². The Bertz CT molecular complexity index is 382. The first-order chi connectivity index (χ1) is 7.27. The minimum absolute atomic E-state index is 0.467. The van der Waals surface area contributed by atoms with Gasteiger partial charge in [0.1, 0.15) is 5.75 Å². The van der Waals surface area contributed by atoms with Gasteiger partial charge in [-0.25, -0.2) is 0 Å². The number of anilines is 1. The zero-order valence-electron chi connectivity index (χ0n) is 9.18. The first-order valence-corrected chi connectivity index (χ1v) is 5.75. The monoisotopic (exact) mass is 203 g/mol. The van der Waals surface area contributed by atoms with Crippen molar-refractivity contribution in [1.82, 2.24) is 0 Å². The molecule has 15 heavy (non-hydrogen) atoms. The van der Waals surface area contributed by atoms with E-state index in [1.54, 1.807) is 0 Å². The van der Waals surface area contributed by atoms with E-state index in [9.17, 15) is 0 Å². The maximum absolute atomic E-state index is 5.94. The molecule has 1 aliphatic carbocycles. The van der Waals surface area contributed by atoms with Crippen molar-refractivity contribution in [2.24, 2.45) is 5.41 Å². The van der Waals surface area contributed by atoms with Gasteiger partial charge in [-0.1, -0.05) is 13.0 Å². The van der Waals surface area contributed by atoms with Crippen LogP contribution in [0.5, 0.6) is 5.75 Å². The highest BCUT2D eigenvalue weighted by atomic mass is 16.5. The Morgan fingerprint density at radius 1 is 1.40 bits per heavy atom. The quantitative estimate of drug-likeness (QED) is 0.815. The van der Waals surface area contributed by atoms with Gasteiger partial charge in [-0.15, -0.1) is 0 Å². The lowest BCUT2D eigenvalue weighted by Gasteiger charge is -2.13. The van der Waals surface area contributed by atoms with E-state index in [4.69, 9.17) is 4.74 Å². The van der Waals surface area contributed by atoms with Crippen molar-refractivity contribution >= 4 is 5.69 Å². The highest BCUT2D eigenvalue weighted by molar-refractivity contribution is 5.61. The van der Waals surface area contributed by atoms with Crippen LogP contribution in [0, 0.1) is 5.41 Å². The van der Waals surface area contributed by atoms with Crippen molar-refractivity contribution in [3.63, 3.8) is 0 Å².